The lowest BCUT2D eigenvalue weighted by molar-refractivity contribution is -0.118. The zero-order valence-corrected chi connectivity index (χ0v) is 12.4. The average Bonchev–Trinajstić information content (AvgIpc) is 2.43. The van der Waals surface area contributed by atoms with Gasteiger partial charge in [-0.2, -0.15) is 0 Å². The van der Waals surface area contributed by atoms with Crippen molar-refractivity contribution in [3.05, 3.63) is 29.0 Å². The second-order valence-corrected chi connectivity index (χ2v) is 5.88. The molecule has 0 aromatic heterocycles. The molecule has 1 aromatic rings. The fourth-order valence-electron chi connectivity index (χ4n) is 2.84. The molecule has 0 bridgehead atoms. The first-order chi connectivity index (χ1) is 9.54. The summed E-state index contributed by atoms with van der Waals surface area (Å²) in [5.74, 6) is -0.671. The number of hydrogen-bond donors (Lipinski definition) is 2. The third-order valence-corrected chi connectivity index (χ3v) is 4.28. The molecule has 20 heavy (non-hydrogen) atoms. The molecular weight excluding hydrogens is 279 g/mol. The third-order valence-electron chi connectivity index (χ3n) is 4.05. The molecule has 5 heteroatoms. The number of carbonyl (C=O) groups is 1. The van der Waals surface area contributed by atoms with Crippen LogP contribution in [0.4, 0.5) is 10.1 Å². The van der Waals surface area contributed by atoms with Crippen LogP contribution in [0.1, 0.15) is 38.5 Å². The molecule has 1 aliphatic carbocycles. The third kappa shape index (κ3) is 3.70. The minimum Gasteiger partial charge on any atom is -0.324 e. The Kier molecular flexibility index (Phi) is 5.00. The van der Waals surface area contributed by atoms with Gasteiger partial charge >= 0.3 is 0 Å². The van der Waals surface area contributed by atoms with Crippen LogP contribution >= 0.6 is 11.6 Å². The monoisotopic (exact) mass is 298 g/mol. The summed E-state index contributed by atoms with van der Waals surface area (Å²) in [5, 5.41) is 6.23. The van der Waals surface area contributed by atoms with E-state index in [2.05, 4.69) is 10.6 Å². The predicted molar refractivity (Wildman–Crippen MR) is 79.5 cm³/mol. The smallest absolute Gasteiger partial charge is 0.226 e. The molecule has 0 spiro atoms. The average molecular weight is 299 g/mol. The number of halogens is 2. The van der Waals surface area contributed by atoms with Crippen molar-refractivity contribution in [3.63, 3.8) is 0 Å². The summed E-state index contributed by atoms with van der Waals surface area (Å²) in [6, 6.07) is 4.25. The molecular formula is C15H20ClFN2O. The SMILES string of the molecule is CNC1(CC(=O)Nc2ccc(Cl)cc2F)CCCCC1. The first-order valence-electron chi connectivity index (χ1n) is 6.98. The van der Waals surface area contributed by atoms with Crippen molar-refractivity contribution in [2.45, 2.75) is 44.1 Å². The summed E-state index contributed by atoms with van der Waals surface area (Å²) in [6.07, 6.45) is 5.81. The number of nitrogens with one attached hydrogen (secondary N) is 2. The van der Waals surface area contributed by atoms with Gasteiger partial charge in [-0.3, -0.25) is 4.79 Å². The normalized spacial score (nSPS) is 17.8. The lowest BCUT2D eigenvalue weighted by Crippen LogP contribution is -2.47. The van der Waals surface area contributed by atoms with Gasteiger partial charge in [0.25, 0.3) is 0 Å². The maximum atomic E-state index is 13.7. The van der Waals surface area contributed by atoms with Crippen molar-refractivity contribution in [3.8, 4) is 0 Å². The maximum absolute atomic E-state index is 13.7. The zero-order valence-electron chi connectivity index (χ0n) is 11.6. The Hall–Kier alpha value is -1.13. The van der Waals surface area contributed by atoms with Gasteiger partial charge in [-0.05, 0) is 38.1 Å². The van der Waals surface area contributed by atoms with Gasteiger partial charge in [-0.1, -0.05) is 30.9 Å². The van der Waals surface area contributed by atoms with Crippen molar-refractivity contribution in [1.82, 2.24) is 5.32 Å². The van der Waals surface area contributed by atoms with Crippen LogP contribution in [0.3, 0.4) is 0 Å². The number of anilines is 1. The predicted octanol–water partition coefficient (Wildman–Crippen LogP) is 3.73. The Labute approximate surface area is 123 Å². The van der Waals surface area contributed by atoms with Crippen molar-refractivity contribution in [2.24, 2.45) is 0 Å². The second kappa shape index (κ2) is 6.55. The number of rotatable bonds is 4. The van der Waals surface area contributed by atoms with E-state index in [0.717, 1.165) is 25.7 Å². The molecule has 3 nitrogen and oxygen atoms in total. The van der Waals surface area contributed by atoms with E-state index < -0.39 is 5.82 Å². The van der Waals surface area contributed by atoms with E-state index in [1.54, 1.807) is 6.07 Å². The van der Waals surface area contributed by atoms with Crippen molar-refractivity contribution < 1.29 is 9.18 Å². The first kappa shape index (κ1) is 15.3. The molecule has 0 unspecified atom stereocenters. The lowest BCUT2D eigenvalue weighted by Gasteiger charge is -2.36. The largest absolute Gasteiger partial charge is 0.324 e. The van der Waals surface area contributed by atoms with Gasteiger partial charge in [0.1, 0.15) is 5.82 Å². The topological polar surface area (TPSA) is 41.1 Å². The summed E-state index contributed by atoms with van der Waals surface area (Å²) in [4.78, 5) is 12.1. The highest BCUT2D eigenvalue weighted by Gasteiger charge is 2.32. The van der Waals surface area contributed by atoms with Crippen LogP contribution in [0.25, 0.3) is 0 Å². The minimum absolute atomic E-state index is 0.148. The van der Waals surface area contributed by atoms with Crippen molar-refractivity contribution in [2.75, 3.05) is 12.4 Å². The lowest BCUT2D eigenvalue weighted by atomic mass is 9.79. The number of hydrogen-bond acceptors (Lipinski definition) is 2. The van der Waals surface area contributed by atoms with Gasteiger partial charge in [-0.25, -0.2) is 4.39 Å². The molecule has 0 radical (unpaired) electrons. The molecule has 2 rings (SSSR count). The van der Waals surface area contributed by atoms with Crippen LogP contribution in [0.2, 0.25) is 5.02 Å². The summed E-state index contributed by atoms with van der Waals surface area (Å²) < 4.78 is 13.7. The Balaban J connectivity index is 2.00. The molecule has 1 aromatic carbocycles. The molecule has 0 aliphatic heterocycles. The zero-order chi connectivity index (χ0) is 14.6. The molecule has 110 valence electrons. The van der Waals surface area contributed by atoms with Crippen molar-refractivity contribution >= 4 is 23.2 Å². The number of carbonyl (C=O) groups excluding carboxylic acids is 1. The van der Waals surface area contributed by atoms with E-state index in [1.807, 2.05) is 7.05 Å². The van der Waals surface area contributed by atoms with Crippen LogP contribution < -0.4 is 10.6 Å². The standard InChI is InChI=1S/C15H20ClFN2O/c1-18-15(7-3-2-4-8-15)10-14(20)19-13-6-5-11(16)9-12(13)17/h5-6,9,18H,2-4,7-8,10H2,1H3,(H,19,20). The van der Waals surface area contributed by atoms with E-state index >= 15 is 0 Å². The number of amides is 1. The summed E-state index contributed by atoms with van der Waals surface area (Å²) in [7, 11) is 1.89. The molecule has 1 fully saturated rings. The van der Waals surface area contributed by atoms with Crippen LogP contribution in [-0.2, 0) is 4.79 Å². The highest BCUT2D eigenvalue weighted by Crippen LogP contribution is 2.31. The molecule has 0 atom stereocenters. The van der Waals surface area contributed by atoms with E-state index in [0.29, 0.717) is 11.4 Å². The van der Waals surface area contributed by atoms with E-state index in [9.17, 15) is 9.18 Å². The molecule has 0 saturated heterocycles. The highest BCUT2D eigenvalue weighted by atomic mass is 35.5. The molecule has 2 N–H and O–H groups in total. The quantitative estimate of drug-likeness (QED) is 0.889. The van der Waals surface area contributed by atoms with Crippen LogP contribution in [0, 0.1) is 5.82 Å². The Morgan fingerprint density at radius 2 is 2.05 bits per heavy atom. The van der Waals surface area contributed by atoms with Crippen LogP contribution in [0.5, 0.6) is 0 Å². The van der Waals surface area contributed by atoms with Gasteiger partial charge < -0.3 is 10.6 Å². The molecule has 1 amide bonds. The van der Waals surface area contributed by atoms with Crippen LogP contribution in [-0.4, -0.2) is 18.5 Å². The maximum Gasteiger partial charge on any atom is 0.226 e. The van der Waals surface area contributed by atoms with E-state index in [-0.39, 0.29) is 17.1 Å². The second-order valence-electron chi connectivity index (χ2n) is 5.44. The molecule has 1 aliphatic rings. The van der Waals surface area contributed by atoms with Gasteiger partial charge in [0, 0.05) is 17.0 Å². The Bertz CT molecular complexity index is 487. The van der Waals surface area contributed by atoms with Gasteiger partial charge in [0.05, 0.1) is 5.69 Å². The molecule has 0 heterocycles. The number of benzene rings is 1. The summed E-state index contributed by atoms with van der Waals surface area (Å²) >= 11 is 5.69. The van der Waals surface area contributed by atoms with E-state index in [4.69, 9.17) is 11.6 Å². The van der Waals surface area contributed by atoms with Gasteiger partial charge in [-0.15, -0.1) is 0 Å². The van der Waals surface area contributed by atoms with Crippen molar-refractivity contribution in [1.29, 1.82) is 0 Å². The fraction of sp³-hybridized carbons (Fsp3) is 0.533. The van der Waals surface area contributed by atoms with Gasteiger partial charge in [0.15, 0.2) is 0 Å². The fourth-order valence-corrected chi connectivity index (χ4v) is 3.00. The summed E-state index contributed by atoms with van der Waals surface area (Å²) in [6.45, 7) is 0. The Morgan fingerprint density at radius 3 is 2.65 bits per heavy atom. The first-order valence-corrected chi connectivity index (χ1v) is 7.36. The Morgan fingerprint density at radius 1 is 1.35 bits per heavy atom. The summed E-state index contributed by atoms with van der Waals surface area (Å²) in [5.41, 5.74) is 0.0343. The molecule has 1 saturated carbocycles. The van der Waals surface area contributed by atoms with Gasteiger partial charge in [0.2, 0.25) is 5.91 Å². The highest BCUT2D eigenvalue weighted by molar-refractivity contribution is 6.30. The van der Waals surface area contributed by atoms with Crippen LogP contribution in [0.15, 0.2) is 18.2 Å². The minimum atomic E-state index is -0.506. The van der Waals surface area contributed by atoms with E-state index in [1.165, 1.54) is 18.6 Å².